The van der Waals surface area contributed by atoms with Gasteiger partial charge in [0.1, 0.15) is 11.8 Å². The van der Waals surface area contributed by atoms with Gasteiger partial charge >= 0.3 is 0 Å². The van der Waals surface area contributed by atoms with Gasteiger partial charge in [-0.05, 0) is 48.6 Å². The van der Waals surface area contributed by atoms with Crippen molar-refractivity contribution in [2.24, 2.45) is 5.92 Å². The molecule has 0 saturated heterocycles. The van der Waals surface area contributed by atoms with E-state index < -0.39 is 0 Å². The summed E-state index contributed by atoms with van der Waals surface area (Å²) in [6, 6.07) is 20.7. The number of benzene rings is 2. The molecule has 0 spiro atoms. The van der Waals surface area contributed by atoms with Crippen molar-refractivity contribution >= 4 is 5.69 Å². The summed E-state index contributed by atoms with van der Waals surface area (Å²) in [6.45, 7) is 0.0848. The van der Waals surface area contributed by atoms with Crippen molar-refractivity contribution in [3.8, 4) is 11.8 Å². The van der Waals surface area contributed by atoms with Crippen molar-refractivity contribution in [2.75, 3.05) is 11.9 Å². The summed E-state index contributed by atoms with van der Waals surface area (Å²) in [5.41, 5.74) is 2.42. The van der Waals surface area contributed by atoms with Gasteiger partial charge < -0.3 is 10.1 Å². The Balaban J connectivity index is 1.70. The van der Waals surface area contributed by atoms with Gasteiger partial charge in [-0.25, -0.2) is 0 Å². The van der Waals surface area contributed by atoms with E-state index in [4.69, 9.17) is 10.00 Å². The minimum atomic E-state index is 0.0848. The van der Waals surface area contributed by atoms with Crippen LogP contribution in [-0.2, 0) is 0 Å². The third kappa shape index (κ3) is 3.55. The molecule has 1 N–H and O–H groups in total. The van der Waals surface area contributed by atoms with E-state index in [0.29, 0.717) is 6.04 Å². The lowest BCUT2D eigenvalue weighted by Gasteiger charge is -2.20. The van der Waals surface area contributed by atoms with Crippen molar-refractivity contribution in [2.45, 2.75) is 18.9 Å². The van der Waals surface area contributed by atoms with Crippen molar-refractivity contribution < 1.29 is 4.74 Å². The molecule has 0 bridgehead atoms. The zero-order chi connectivity index (χ0) is 14.5. The Bertz CT molecular complexity index is 612. The summed E-state index contributed by atoms with van der Waals surface area (Å²) in [5, 5.41) is 12.1. The van der Waals surface area contributed by atoms with E-state index in [1.807, 2.05) is 30.3 Å². The van der Waals surface area contributed by atoms with Crippen LogP contribution in [0.1, 0.15) is 24.4 Å². The third-order valence-electron chi connectivity index (χ3n) is 3.73. The van der Waals surface area contributed by atoms with Crippen LogP contribution in [0.5, 0.6) is 5.75 Å². The molecule has 0 amide bonds. The fraction of sp³-hybridized carbons (Fsp3) is 0.278. The van der Waals surface area contributed by atoms with E-state index in [1.165, 1.54) is 18.4 Å². The summed E-state index contributed by atoms with van der Waals surface area (Å²) >= 11 is 0. The Morgan fingerprint density at radius 2 is 1.81 bits per heavy atom. The first-order valence-corrected chi connectivity index (χ1v) is 7.28. The second kappa shape index (κ2) is 6.32. The molecule has 3 rings (SSSR count). The SMILES string of the molecule is N#CCOc1ccc(NC(c2ccccc2)C2CC2)cc1. The number of nitriles is 1. The summed E-state index contributed by atoms with van der Waals surface area (Å²) in [6.07, 6.45) is 2.58. The topological polar surface area (TPSA) is 45.0 Å². The van der Waals surface area contributed by atoms with E-state index in [9.17, 15) is 0 Å². The fourth-order valence-electron chi connectivity index (χ4n) is 2.51. The molecule has 0 aromatic heterocycles. The maximum atomic E-state index is 8.51. The van der Waals surface area contributed by atoms with E-state index in [2.05, 4.69) is 35.6 Å². The van der Waals surface area contributed by atoms with Crippen LogP contribution in [0, 0.1) is 17.2 Å². The molecule has 1 aliphatic carbocycles. The number of nitrogens with one attached hydrogen (secondary N) is 1. The highest BCUT2D eigenvalue weighted by Gasteiger charge is 2.32. The van der Waals surface area contributed by atoms with Gasteiger partial charge in [0.15, 0.2) is 6.61 Å². The average molecular weight is 278 g/mol. The molecule has 21 heavy (non-hydrogen) atoms. The molecule has 2 aromatic carbocycles. The zero-order valence-corrected chi connectivity index (χ0v) is 11.8. The molecule has 1 aliphatic rings. The summed E-state index contributed by atoms with van der Waals surface area (Å²) < 4.78 is 5.27. The molecule has 0 heterocycles. The molecular weight excluding hydrogens is 260 g/mol. The monoisotopic (exact) mass is 278 g/mol. The first kappa shape index (κ1) is 13.5. The molecule has 0 radical (unpaired) electrons. The Kier molecular flexibility index (Phi) is 4.07. The second-order valence-corrected chi connectivity index (χ2v) is 5.34. The number of rotatable bonds is 6. The van der Waals surface area contributed by atoms with Crippen LogP contribution in [0.15, 0.2) is 54.6 Å². The minimum absolute atomic E-state index is 0.0848. The molecule has 1 fully saturated rings. The number of nitrogens with zero attached hydrogens (tertiary/aromatic N) is 1. The van der Waals surface area contributed by atoms with E-state index in [1.54, 1.807) is 0 Å². The van der Waals surface area contributed by atoms with Gasteiger partial charge in [-0.1, -0.05) is 30.3 Å². The molecule has 0 aliphatic heterocycles. The first-order chi connectivity index (χ1) is 10.4. The van der Waals surface area contributed by atoms with E-state index in [0.717, 1.165) is 17.4 Å². The smallest absolute Gasteiger partial charge is 0.174 e. The van der Waals surface area contributed by atoms with Gasteiger partial charge in [-0.15, -0.1) is 0 Å². The first-order valence-electron chi connectivity index (χ1n) is 7.28. The normalized spacial score (nSPS) is 15.0. The standard InChI is InChI=1S/C18H18N2O/c19-12-13-21-17-10-8-16(9-11-17)20-18(15-6-7-15)14-4-2-1-3-5-14/h1-5,8-11,15,18,20H,6-7,13H2. The van der Waals surface area contributed by atoms with Crippen LogP contribution in [0.4, 0.5) is 5.69 Å². The molecular formula is C18H18N2O. The van der Waals surface area contributed by atoms with Gasteiger partial charge in [0.05, 0.1) is 6.04 Å². The highest BCUT2D eigenvalue weighted by molar-refractivity contribution is 5.48. The van der Waals surface area contributed by atoms with Gasteiger partial charge in [-0.3, -0.25) is 0 Å². The largest absolute Gasteiger partial charge is 0.479 e. The van der Waals surface area contributed by atoms with Gasteiger partial charge in [0.25, 0.3) is 0 Å². The fourth-order valence-corrected chi connectivity index (χ4v) is 2.51. The van der Waals surface area contributed by atoms with E-state index >= 15 is 0 Å². The van der Waals surface area contributed by atoms with Gasteiger partial charge in [0.2, 0.25) is 0 Å². The van der Waals surface area contributed by atoms with Gasteiger partial charge in [-0.2, -0.15) is 5.26 Å². The summed E-state index contributed by atoms with van der Waals surface area (Å²) in [7, 11) is 0. The third-order valence-corrected chi connectivity index (χ3v) is 3.73. The van der Waals surface area contributed by atoms with Crippen LogP contribution in [0.2, 0.25) is 0 Å². The van der Waals surface area contributed by atoms with Crippen LogP contribution in [0.3, 0.4) is 0 Å². The predicted molar refractivity (Wildman–Crippen MR) is 83.1 cm³/mol. The Labute approximate surface area is 125 Å². The Morgan fingerprint density at radius 3 is 2.43 bits per heavy atom. The lowest BCUT2D eigenvalue weighted by atomic mass is 10.0. The van der Waals surface area contributed by atoms with E-state index in [-0.39, 0.29) is 6.61 Å². The van der Waals surface area contributed by atoms with Crippen LogP contribution < -0.4 is 10.1 Å². The molecule has 1 unspecified atom stereocenters. The van der Waals surface area contributed by atoms with Gasteiger partial charge in [0, 0.05) is 5.69 Å². The lowest BCUT2D eigenvalue weighted by molar-refractivity contribution is 0.368. The van der Waals surface area contributed by atoms with Crippen molar-refractivity contribution in [1.29, 1.82) is 5.26 Å². The van der Waals surface area contributed by atoms with Crippen LogP contribution in [-0.4, -0.2) is 6.61 Å². The maximum Gasteiger partial charge on any atom is 0.174 e. The summed E-state index contributed by atoms with van der Waals surface area (Å²) in [5.74, 6) is 1.45. The van der Waals surface area contributed by atoms with Crippen molar-refractivity contribution in [1.82, 2.24) is 0 Å². The number of anilines is 1. The maximum absolute atomic E-state index is 8.51. The second-order valence-electron chi connectivity index (χ2n) is 5.34. The predicted octanol–water partition coefficient (Wildman–Crippen LogP) is 4.15. The minimum Gasteiger partial charge on any atom is -0.479 e. The molecule has 1 atom stereocenters. The van der Waals surface area contributed by atoms with Crippen molar-refractivity contribution in [3.63, 3.8) is 0 Å². The van der Waals surface area contributed by atoms with Crippen molar-refractivity contribution in [3.05, 3.63) is 60.2 Å². The van der Waals surface area contributed by atoms with Crippen LogP contribution >= 0.6 is 0 Å². The van der Waals surface area contributed by atoms with Crippen LogP contribution in [0.25, 0.3) is 0 Å². The quantitative estimate of drug-likeness (QED) is 0.863. The summed E-state index contributed by atoms with van der Waals surface area (Å²) in [4.78, 5) is 0. The molecule has 106 valence electrons. The highest BCUT2D eigenvalue weighted by atomic mass is 16.5. The highest BCUT2D eigenvalue weighted by Crippen LogP contribution is 2.42. The lowest BCUT2D eigenvalue weighted by Crippen LogP contribution is -2.12. The number of hydrogen-bond acceptors (Lipinski definition) is 3. The molecule has 3 nitrogen and oxygen atoms in total. The molecule has 1 saturated carbocycles. The Hall–Kier alpha value is -2.47. The zero-order valence-electron chi connectivity index (χ0n) is 11.8. The Morgan fingerprint density at radius 1 is 1.10 bits per heavy atom. The number of ether oxygens (including phenoxy) is 1. The molecule has 2 aromatic rings. The molecule has 3 heteroatoms. The average Bonchev–Trinajstić information content (AvgIpc) is 3.37. The number of hydrogen-bond donors (Lipinski definition) is 1.